The average Bonchev–Trinajstić information content (AvgIpc) is 2.14. The maximum Gasteiger partial charge on any atom is 0.533 e. The summed E-state index contributed by atoms with van der Waals surface area (Å²) < 4.78 is 39.0. The van der Waals surface area contributed by atoms with Gasteiger partial charge in [-0.05, 0) is 17.7 Å². The number of benzene rings is 1. The standard InChI is InChI=1S/C9H6ClF3OS/c1-2-6-3-4-7(10)5-8(6)15-14-9(11,12)13/h2-5H,1H2. The summed E-state index contributed by atoms with van der Waals surface area (Å²) in [4.78, 5) is 0.273. The molecule has 0 aliphatic rings. The molecule has 15 heavy (non-hydrogen) atoms. The zero-order valence-electron chi connectivity index (χ0n) is 7.34. The van der Waals surface area contributed by atoms with E-state index in [0.717, 1.165) is 0 Å². The number of hydrogen-bond acceptors (Lipinski definition) is 2. The van der Waals surface area contributed by atoms with Crippen molar-refractivity contribution >= 4 is 29.7 Å². The van der Waals surface area contributed by atoms with Crippen LogP contribution in [0.25, 0.3) is 6.08 Å². The highest BCUT2D eigenvalue weighted by atomic mass is 35.5. The quantitative estimate of drug-likeness (QED) is 0.733. The summed E-state index contributed by atoms with van der Waals surface area (Å²) in [6.07, 6.45) is -3.25. The molecular formula is C9H6ClF3OS. The van der Waals surface area contributed by atoms with Gasteiger partial charge in [0.05, 0.1) is 0 Å². The van der Waals surface area contributed by atoms with Gasteiger partial charge in [-0.15, -0.1) is 13.2 Å². The van der Waals surface area contributed by atoms with Crippen LogP contribution in [0.3, 0.4) is 0 Å². The van der Waals surface area contributed by atoms with Crippen molar-refractivity contribution in [1.29, 1.82) is 0 Å². The Morgan fingerprint density at radius 3 is 2.60 bits per heavy atom. The van der Waals surface area contributed by atoms with E-state index in [0.29, 0.717) is 10.6 Å². The maximum atomic E-state index is 11.8. The highest BCUT2D eigenvalue weighted by molar-refractivity contribution is 7.94. The van der Waals surface area contributed by atoms with E-state index in [-0.39, 0.29) is 16.9 Å². The second kappa shape index (κ2) is 4.92. The highest BCUT2D eigenvalue weighted by Gasteiger charge is 2.30. The Bertz CT molecular complexity index is 365. The van der Waals surface area contributed by atoms with Gasteiger partial charge in [0.1, 0.15) is 0 Å². The Morgan fingerprint density at radius 2 is 2.07 bits per heavy atom. The molecule has 0 spiro atoms. The molecule has 0 N–H and O–H groups in total. The van der Waals surface area contributed by atoms with Crippen molar-refractivity contribution in [3.63, 3.8) is 0 Å². The zero-order chi connectivity index (χ0) is 11.5. The number of halogens is 4. The van der Waals surface area contributed by atoms with Crippen LogP contribution in [0.1, 0.15) is 5.56 Å². The van der Waals surface area contributed by atoms with Gasteiger partial charge in [-0.1, -0.05) is 30.3 Å². The molecule has 0 bridgehead atoms. The molecule has 0 aromatic heterocycles. The van der Waals surface area contributed by atoms with Gasteiger partial charge in [-0.3, -0.25) is 0 Å². The fourth-order valence-electron chi connectivity index (χ4n) is 0.841. The van der Waals surface area contributed by atoms with Crippen molar-refractivity contribution in [2.75, 3.05) is 0 Å². The second-order valence-electron chi connectivity index (χ2n) is 2.50. The van der Waals surface area contributed by atoms with Crippen LogP contribution in [0, 0.1) is 0 Å². The summed E-state index contributed by atoms with van der Waals surface area (Å²) in [5.74, 6) is 0. The van der Waals surface area contributed by atoms with Crippen LogP contribution < -0.4 is 0 Å². The molecule has 1 aromatic carbocycles. The summed E-state index contributed by atoms with van der Waals surface area (Å²) in [6.45, 7) is 3.47. The third kappa shape index (κ3) is 4.15. The molecule has 0 aliphatic carbocycles. The van der Waals surface area contributed by atoms with Gasteiger partial charge < -0.3 is 0 Å². The maximum absolute atomic E-state index is 11.8. The van der Waals surface area contributed by atoms with Gasteiger partial charge in [0.15, 0.2) is 0 Å². The average molecular weight is 255 g/mol. The third-order valence-electron chi connectivity index (χ3n) is 1.42. The summed E-state index contributed by atoms with van der Waals surface area (Å²) in [6, 6.07) is 4.52. The van der Waals surface area contributed by atoms with E-state index in [1.165, 1.54) is 12.1 Å². The lowest BCUT2D eigenvalue weighted by molar-refractivity contribution is -0.266. The fourth-order valence-corrected chi connectivity index (χ4v) is 1.68. The van der Waals surface area contributed by atoms with Crippen LogP contribution in [0.4, 0.5) is 13.2 Å². The van der Waals surface area contributed by atoms with E-state index in [9.17, 15) is 13.2 Å². The number of rotatable bonds is 3. The summed E-state index contributed by atoms with van der Waals surface area (Å²) in [7, 11) is 0. The van der Waals surface area contributed by atoms with Crippen molar-refractivity contribution in [1.82, 2.24) is 0 Å². The monoisotopic (exact) mass is 254 g/mol. The molecule has 1 nitrogen and oxygen atoms in total. The zero-order valence-corrected chi connectivity index (χ0v) is 8.92. The first-order valence-corrected chi connectivity index (χ1v) is 4.89. The summed E-state index contributed by atoms with van der Waals surface area (Å²) >= 11 is 5.85. The van der Waals surface area contributed by atoms with Crippen LogP contribution in [-0.2, 0) is 4.18 Å². The molecule has 0 saturated heterocycles. The molecule has 0 atom stereocenters. The largest absolute Gasteiger partial charge is 0.533 e. The Kier molecular flexibility index (Phi) is 4.07. The first-order valence-electron chi connectivity index (χ1n) is 3.77. The highest BCUT2D eigenvalue weighted by Crippen LogP contribution is 2.33. The number of alkyl halides is 3. The van der Waals surface area contributed by atoms with Crippen LogP contribution in [0.15, 0.2) is 29.7 Å². The molecule has 0 aliphatic heterocycles. The normalized spacial score (nSPS) is 11.5. The molecule has 0 heterocycles. The van der Waals surface area contributed by atoms with Gasteiger partial charge in [-0.2, -0.15) is 0 Å². The van der Waals surface area contributed by atoms with E-state index in [4.69, 9.17) is 11.6 Å². The van der Waals surface area contributed by atoms with Crippen LogP contribution >= 0.6 is 23.6 Å². The molecule has 1 aromatic rings. The van der Waals surface area contributed by atoms with Gasteiger partial charge in [0, 0.05) is 22.0 Å². The van der Waals surface area contributed by atoms with Gasteiger partial charge in [-0.25, -0.2) is 4.18 Å². The molecule has 0 fully saturated rings. The summed E-state index contributed by atoms with van der Waals surface area (Å²) in [5, 5.41) is 0.342. The fraction of sp³-hybridized carbons (Fsp3) is 0.111. The first kappa shape index (κ1) is 12.4. The van der Waals surface area contributed by atoms with E-state index in [2.05, 4.69) is 10.8 Å². The topological polar surface area (TPSA) is 9.23 Å². The lowest BCUT2D eigenvalue weighted by atomic mass is 10.2. The van der Waals surface area contributed by atoms with Crippen molar-refractivity contribution in [2.45, 2.75) is 11.3 Å². The molecule has 82 valence electrons. The predicted molar refractivity (Wildman–Crippen MR) is 54.5 cm³/mol. The van der Waals surface area contributed by atoms with Crippen LogP contribution in [0.5, 0.6) is 0 Å². The molecule has 0 amide bonds. The lowest BCUT2D eigenvalue weighted by Crippen LogP contribution is -2.07. The minimum absolute atomic E-state index is 0.212. The molecule has 0 unspecified atom stereocenters. The van der Waals surface area contributed by atoms with Crippen molar-refractivity contribution in [3.05, 3.63) is 35.4 Å². The molecule has 6 heteroatoms. The first-order chi connectivity index (χ1) is 6.92. The van der Waals surface area contributed by atoms with Crippen molar-refractivity contribution < 1.29 is 17.4 Å². The van der Waals surface area contributed by atoms with E-state index in [1.807, 2.05) is 0 Å². The SMILES string of the molecule is C=Cc1ccc(Cl)cc1SOC(F)(F)F. The minimum Gasteiger partial charge on any atom is -0.215 e. The van der Waals surface area contributed by atoms with E-state index in [1.54, 1.807) is 12.1 Å². The van der Waals surface area contributed by atoms with Crippen LogP contribution in [0.2, 0.25) is 5.02 Å². The molecule has 1 rings (SSSR count). The second-order valence-corrected chi connectivity index (χ2v) is 3.71. The van der Waals surface area contributed by atoms with Gasteiger partial charge in [0.25, 0.3) is 0 Å². The van der Waals surface area contributed by atoms with Crippen LogP contribution in [-0.4, -0.2) is 6.36 Å². The van der Waals surface area contributed by atoms with Crippen molar-refractivity contribution in [3.8, 4) is 0 Å². The molecule has 0 radical (unpaired) electrons. The van der Waals surface area contributed by atoms with E-state index < -0.39 is 6.36 Å². The van der Waals surface area contributed by atoms with Gasteiger partial charge in [0.2, 0.25) is 0 Å². The lowest BCUT2D eigenvalue weighted by Gasteiger charge is -2.08. The molecule has 0 saturated carbocycles. The Hall–Kier alpha value is -0.650. The smallest absolute Gasteiger partial charge is 0.215 e. The number of hydrogen-bond donors (Lipinski definition) is 0. The molecular weight excluding hydrogens is 249 g/mol. The Morgan fingerprint density at radius 1 is 1.40 bits per heavy atom. The minimum atomic E-state index is -4.68. The van der Waals surface area contributed by atoms with E-state index >= 15 is 0 Å². The van der Waals surface area contributed by atoms with Crippen molar-refractivity contribution in [2.24, 2.45) is 0 Å². The van der Waals surface area contributed by atoms with Gasteiger partial charge >= 0.3 is 6.36 Å². The summed E-state index contributed by atoms with van der Waals surface area (Å²) in [5.41, 5.74) is 0.536. The predicted octanol–water partition coefficient (Wildman–Crippen LogP) is 4.53. The Labute approximate surface area is 94.1 Å². The third-order valence-corrected chi connectivity index (χ3v) is 2.46. The Balaban J connectivity index is 2.83.